The monoisotopic (exact) mass is 410 g/mol. The van der Waals surface area contributed by atoms with Crippen LogP contribution in [0.5, 0.6) is 0 Å². The Hall–Kier alpha value is -2.09. The van der Waals surface area contributed by atoms with Crippen LogP contribution in [0.1, 0.15) is 16.7 Å². The third-order valence-electron chi connectivity index (χ3n) is 3.93. The molecule has 0 radical (unpaired) electrons. The Balaban J connectivity index is 1.80. The van der Waals surface area contributed by atoms with Gasteiger partial charge in [0.15, 0.2) is 0 Å². The number of halogens is 2. The van der Waals surface area contributed by atoms with Crippen molar-refractivity contribution >= 4 is 39.2 Å². The zero-order valence-electron chi connectivity index (χ0n) is 14.1. The molecular weight excluding hydrogens is 395 g/mol. The third-order valence-corrected chi connectivity index (χ3v) is 5.97. The molecule has 9 heteroatoms. The van der Waals surface area contributed by atoms with E-state index in [1.807, 2.05) is 13.8 Å². The molecule has 0 fully saturated rings. The average molecular weight is 411 g/mol. The Bertz CT molecular complexity index is 1040. The van der Waals surface area contributed by atoms with Gasteiger partial charge in [-0.2, -0.15) is 4.98 Å². The Morgan fingerprint density at radius 3 is 2.42 bits per heavy atom. The van der Waals surface area contributed by atoms with Gasteiger partial charge in [0.2, 0.25) is 0 Å². The molecule has 0 aliphatic rings. The Kier molecular flexibility index (Phi) is 5.22. The highest BCUT2D eigenvalue weighted by molar-refractivity contribution is 7.92. The molecule has 0 atom stereocenters. The smallest absolute Gasteiger partial charge is 0.246 e. The van der Waals surface area contributed by atoms with Crippen LogP contribution in [0.3, 0.4) is 0 Å². The average Bonchev–Trinajstić information content (AvgIpc) is 3.00. The third kappa shape index (κ3) is 4.00. The maximum atomic E-state index is 12.5. The van der Waals surface area contributed by atoms with Crippen molar-refractivity contribution < 1.29 is 8.42 Å². The maximum Gasteiger partial charge on any atom is 0.264 e. The molecule has 2 aromatic carbocycles. The minimum Gasteiger partial charge on any atom is -0.246 e. The molecule has 0 saturated heterocycles. The highest BCUT2D eigenvalue weighted by Gasteiger charge is 2.17. The van der Waals surface area contributed by atoms with Gasteiger partial charge in [-0.25, -0.2) is 17.8 Å². The van der Waals surface area contributed by atoms with Crippen molar-refractivity contribution in [1.29, 1.82) is 0 Å². The number of benzene rings is 2. The summed E-state index contributed by atoms with van der Waals surface area (Å²) in [6, 6.07) is 10.1. The number of sulfonamides is 1. The molecule has 0 bridgehead atoms. The Labute approximate surface area is 161 Å². The number of hydrogen-bond acceptors (Lipinski definition) is 4. The second-order valence-electron chi connectivity index (χ2n) is 5.82. The molecule has 26 heavy (non-hydrogen) atoms. The number of aromatic nitrogens is 3. The first-order chi connectivity index (χ1) is 12.3. The first kappa shape index (κ1) is 18.7. The minimum absolute atomic E-state index is 0.0218. The summed E-state index contributed by atoms with van der Waals surface area (Å²) in [5.41, 5.74) is 2.59. The van der Waals surface area contributed by atoms with E-state index in [0.29, 0.717) is 15.6 Å². The zero-order chi connectivity index (χ0) is 18.9. The molecule has 0 unspecified atom stereocenters. The van der Waals surface area contributed by atoms with E-state index in [4.69, 9.17) is 23.2 Å². The second-order valence-corrected chi connectivity index (χ2v) is 8.31. The van der Waals surface area contributed by atoms with Gasteiger partial charge in [0.25, 0.3) is 16.0 Å². The van der Waals surface area contributed by atoms with Crippen LogP contribution in [0.25, 0.3) is 0 Å². The predicted octanol–water partition coefficient (Wildman–Crippen LogP) is 4.05. The number of nitrogens with one attached hydrogen (secondary N) is 1. The predicted molar refractivity (Wildman–Crippen MR) is 102 cm³/mol. The SMILES string of the molecule is Cc1ccc(S(=O)(=O)Nc2ncn(Cc3c(Cl)cccc3Cl)n2)cc1C. The number of rotatable bonds is 5. The normalized spacial score (nSPS) is 11.5. The van der Waals surface area contributed by atoms with Gasteiger partial charge in [-0.1, -0.05) is 35.3 Å². The van der Waals surface area contributed by atoms with Crippen LogP contribution in [0, 0.1) is 13.8 Å². The molecule has 136 valence electrons. The van der Waals surface area contributed by atoms with E-state index in [1.54, 1.807) is 36.4 Å². The topological polar surface area (TPSA) is 76.9 Å². The Morgan fingerprint density at radius 2 is 1.77 bits per heavy atom. The van der Waals surface area contributed by atoms with Crippen molar-refractivity contribution in [1.82, 2.24) is 14.8 Å². The Morgan fingerprint density at radius 1 is 1.08 bits per heavy atom. The summed E-state index contributed by atoms with van der Waals surface area (Å²) in [6.07, 6.45) is 1.41. The van der Waals surface area contributed by atoms with Gasteiger partial charge in [0, 0.05) is 15.6 Å². The van der Waals surface area contributed by atoms with Crippen molar-refractivity contribution in [2.24, 2.45) is 0 Å². The number of anilines is 1. The molecule has 0 aliphatic heterocycles. The lowest BCUT2D eigenvalue weighted by molar-refractivity contribution is 0.600. The van der Waals surface area contributed by atoms with E-state index in [2.05, 4.69) is 14.8 Å². The molecule has 0 amide bonds. The van der Waals surface area contributed by atoms with E-state index < -0.39 is 10.0 Å². The van der Waals surface area contributed by atoms with Gasteiger partial charge in [-0.05, 0) is 49.2 Å². The van der Waals surface area contributed by atoms with Crippen molar-refractivity contribution in [3.8, 4) is 0 Å². The van der Waals surface area contributed by atoms with Crippen molar-refractivity contribution in [3.05, 3.63) is 69.5 Å². The van der Waals surface area contributed by atoms with Gasteiger partial charge in [0.1, 0.15) is 6.33 Å². The van der Waals surface area contributed by atoms with E-state index in [9.17, 15) is 8.42 Å². The summed E-state index contributed by atoms with van der Waals surface area (Å²) in [7, 11) is -3.77. The fraction of sp³-hybridized carbons (Fsp3) is 0.176. The summed E-state index contributed by atoms with van der Waals surface area (Å²) in [5, 5.41) is 5.15. The van der Waals surface area contributed by atoms with E-state index in [0.717, 1.165) is 11.1 Å². The van der Waals surface area contributed by atoms with Crippen molar-refractivity contribution in [2.45, 2.75) is 25.3 Å². The highest BCUT2D eigenvalue weighted by atomic mass is 35.5. The lowest BCUT2D eigenvalue weighted by atomic mass is 10.1. The molecule has 3 aromatic rings. The van der Waals surface area contributed by atoms with Crippen LogP contribution < -0.4 is 4.72 Å². The summed E-state index contributed by atoms with van der Waals surface area (Å²) in [4.78, 5) is 4.16. The van der Waals surface area contributed by atoms with Crippen molar-refractivity contribution in [2.75, 3.05) is 4.72 Å². The molecule has 1 aromatic heterocycles. The number of hydrogen-bond donors (Lipinski definition) is 1. The van der Waals surface area contributed by atoms with Crippen LogP contribution >= 0.6 is 23.2 Å². The zero-order valence-corrected chi connectivity index (χ0v) is 16.4. The van der Waals surface area contributed by atoms with Gasteiger partial charge < -0.3 is 0 Å². The summed E-state index contributed by atoms with van der Waals surface area (Å²) >= 11 is 12.3. The minimum atomic E-state index is -3.77. The maximum absolute atomic E-state index is 12.5. The fourth-order valence-electron chi connectivity index (χ4n) is 2.32. The quantitative estimate of drug-likeness (QED) is 0.687. The van der Waals surface area contributed by atoms with Crippen LogP contribution in [0.4, 0.5) is 5.95 Å². The second kappa shape index (κ2) is 7.26. The summed E-state index contributed by atoms with van der Waals surface area (Å²) in [6.45, 7) is 4.05. The molecular formula is C17H16Cl2N4O2S. The van der Waals surface area contributed by atoms with Gasteiger partial charge in [-0.15, -0.1) is 5.10 Å². The molecule has 1 heterocycles. The molecule has 0 spiro atoms. The van der Waals surface area contributed by atoms with Crippen LogP contribution in [0.2, 0.25) is 10.0 Å². The largest absolute Gasteiger partial charge is 0.264 e. The summed E-state index contributed by atoms with van der Waals surface area (Å²) < 4.78 is 28.8. The van der Waals surface area contributed by atoms with Gasteiger partial charge in [0.05, 0.1) is 11.4 Å². The van der Waals surface area contributed by atoms with Crippen LogP contribution in [-0.4, -0.2) is 23.2 Å². The van der Waals surface area contributed by atoms with E-state index >= 15 is 0 Å². The van der Waals surface area contributed by atoms with Crippen LogP contribution in [-0.2, 0) is 16.6 Å². The number of aryl methyl sites for hydroxylation is 2. The summed E-state index contributed by atoms with van der Waals surface area (Å²) in [5.74, 6) is -0.0218. The lowest BCUT2D eigenvalue weighted by Crippen LogP contribution is -2.14. The fourth-order valence-corrected chi connectivity index (χ4v) is 3.87. The molecule has 1 N–H and O–H groups in total. The molecule has 3 rings (SSSR count). The first-order valence-corrected chi connectivity index (χ1v) is 9.92. The molecule has 0 saturated carbocycles. The van der Waals surface area contributed by atoms with Gasteiger partial charge in [-0.3, -0.25) is 0 Å². The van der Waals surface area contributed by atoms with Crippen LogP contribution in [0.15, 0.2) is 47.6 Å². The number of nitrogens with zero attached hydrogens (tertiary/aromatic N) is 3. The van der Waals surface area contributed by atoms with E-state index in [1.165, 1.54) is 11.0 Å². The van der Waals surface area contributed by atoms with E-state index in [-0.39, 0.29) is 17.4 Å². The van der Waals surface area contributed by atoms with Gasteiger partial charge >= 0.3 is 0 Å². The first-order valence-electron chi connectivity index (χ1n) is 7.68. The van der Waals surface area contributed by atoms with Crippen molar-refractivity contribution in [3.63, 3.8) is 0 Å². The standard InChI is InChI=1S/C17H16Cl2N4O2S/c1-11-6-7-13(8-12(11)2)26(24,25)22-17-20-10-23(21-17)9-14-15(18)4-3-5-16(14)19/h3-8,10H,9H2,1-2H3,(H,21,22). The molecule has 6 nitrogen and oxygen atoms in total. The lowest BCUT2D eigenvalue weighted by Gasteiger charge is -2.07. The highest BCUT2D eigenvalue weighted by Crippen LogP contribution is 2.25. The molecule has 0 aliphatic carbocycles.